The van der Waals surface area contributed by atoms with Gasteiger partial charge in [0.05, 0.1) is 16.8 Å². The van der Waals surface area contributed by atoms with Crippen molar-refractivity contribution < 1.29 is 18.3 Å². The average Bonchev–Trinajstić information content (AvgIpc) is 2.90. The van der Waals surface area contributed by atoms with Gasteiger partial charge in [-0.1, -0.05) is 29.5 Å². The second-order valence-electron chi connectivity index (χ2n) is 5.50. The lowest BCUT2D eigenvalue weighted by Gasteiger charge is -2.05. The van der Waals surface area contributed by atoms with Gasteiger partial charge in [0, 0.05) is 25.3 Å². The number of rotatable bonds is 4. The lowest BCUT2D eigenvalue weighted by atomic mass is 10.1. The van der Waals surface area contributed by atoms with E-state index in [1.54, 1.807) is 16.7 Å². The minimum absolute atomic E-state index is 0.222. The molecule has 0 bridgehead atoms. The molecule has 130 valence electrons. The molecule has 2 aromatic carbocycles. The number of ether oxygens (including phenoxy) is 1. The number of aromatic nitrogens is 1. The smallest absolute Gasteiger partial charge is 0.279 e. The second kappa shape index (κ2) is 7.25. The zero-order valence-electron chi connectivity index (χ0n) is 13.8. The van der Waals surface area contributed by atoms with Crippen molar-refractivity contribution in [3.63, 3.8) is 0 Å². The Labute approximate surface area is 147 Å². The van der Waals surface area contributed by atoms with Gasteiger partial charge in [0.2, 0.25) is 0 Å². The van der Waals surface area contributed by atoms with Crippen LogP contribution in [0.5, 0.6) is 0 Å². The first kappa shape index (κ1) is 17.4. The number of aryl methyl sites for hydroxylation is 1. The Balaban J connectivity index is 2.19. The van der Waals surface area contributed by atoms with E-state index in [1.165, 1.54) is 13.2 Å². The monoisotopic (exact) mass is 362 g/mol. The molecule has 1 amide bonds. The van der Waals surface area contributed by atoms with Crippen LogP contribution in [0, 0.1) is 18.6 Å². The summed E-state index contributed by atoms with van der Waals surface area (Å²) in [6, 6.07) is 9.17. The Bertz CT molecular complexity index is 1010. The molecule has 0 aliphatic heterocycles. The van der Waals surface area contributed by atoms with Crippen LogP contribution in [0.3, 0.4) is 0 Å². The molecular formula is C18H16F2N2O2S. The van der Waals surface area contributed by atoms with E-state index in [9.17, 15) is 13.6 Å². The number of halogens is 2. The van der Waals surface area contributed by atoms with Crippen LogP contribution in [0.15, 0.2) is 41.4 Å². The maximum atomic E-state index is 14.3. The SMILES string of the molecule is COCCn1c(=NC(=O)c2ccccc2C)sc2cc(F)cc(F)c21. The molecule has 0 unspecified atom stereocenters. The number of hydrogen-bond donors (Lipinski definition) is 0. The number of thiazole rings is 1. The third-order valence-corrected chi connectivity index (χ3v) is 4.81. The van der Waals surface area contributed by atoms with E-state index < -0.39 is 17.5 Å². The molecule has 3 rings (SSSR count). The van der Waals surface area contributed by atoms with Crippen molar-refractivity contribution in [2.75, 3.05) is 13.7 Å². The van der Waals surface area contributed by atoms with Crippen molar-refractivity contribution in [1.82, 2.24) is 4.57 Å². The molecule has 0 spiro atoms. The van der Waals surface area contributed by atoms with Gasteiger partial charge in [-0.2, -0.15) is 4.99 Å². The molecule has 0 aliphatic rings. The largest absolute Gasteiger partial charge is 0.383 e. The van der Waals surface area contributed by atoms with Crippen molar-refractivity contribution in [2.24, 2.45) is 4.99 Å². The number of nitrogens with zero attached hydrogens (tertiary/aromatic N) is 2. The summed E-state index contributed by atoms with van der Waals surface area (Å²) in [7, 11) is 1.53. The molecule has 0 saturated heterocycles. The minimum atomic E-state index is -0.688. The maximum Gasteiger partial charge on any atom is 0.279 e. The number of carbonyl (C=O) groups is 1. The van der Waals surface area contributed by atoms with E-state index >= 15 is 0 Å². The predicted molar refractivity (Wildman–Crippen MR) is 92.7 cm³/mol. The summed E-state index contributed by atoms with van der Waals surface area (Å²) in [4.78, 5) is 17.0. The van der Waals surface area contributed by atoms with Crippen molar-refractivity contribution in [3.8, 4) is 0 Å². The highest BCUT2D eigenvalue weighted by atomic mass is 32.1. The van der Waals surface area contributed by atoms with Gasteiger partial charge in [-0.3, -0.25) is 4.79 Å². The van der Waals surface area contributed by atoms with E-state index in [1.807, 2.05) is 19.1 Å². The Morgan fingerprint density at radius 1 is 1.28 bits per heavy atom. The molecule has 7 heteroatoms. The molecule has 0 radical (unpaired) electrons. The summed E-state index contributed by atoms with van der Waals surface area (Å²) in [6.07, 6.45) is 0. The first-order valence-corrected chi connectivity index (χ1v) is 8.45. The van der Waals surface area contributed by atoms with E-state index in [0.717, 1.165) is 23.0 Å². The maximum absolute atomic E-state index is 14.3. The van der Waals surface area contributed by atoms with Crippen LogP contribution in [0.25, 0.3) is 10.2 Å². The quantitative estimate of drug-likeness (QED) is 0.711. The van der Waals surface area contributed by atoms with Crippen LogP contribution in [0.4, 0.5) is 8.78 Å². The van der Waals surface area contributed by atoms with E-state index in [0.29, 0.717) is 28.2 Å². The van der Waals surface area contributed by atoms with Gasteiger partial charge in [-0.25, -0.2) is 8.78 Å². The fourth-order valence-electron chi connectivity index (χ4n) is 2.56. The van der Waals surface area contributed by atoms with Gasteiger partial charge < -0.3 is 9.30 Å². The van der Waals surface area contributed by atoms with Gasteiger partial charge in [0.1, 0.15) is 5.82 Å². The van der Waals surface area contributed by atoms with Gasteiger partial charge >= 0.3 is 0 Å². The predicted octanol–water partition coefficient (Wildman–Crippen LogP) is 3.68. The summed E-state index contributed by atoms with van der Waals surface area (Å²) in [6.45, 7) is 2.44. The number of carbonyl (C=O) groups excluding carboxylic acids is 1. The fraction of sp³-hybridized carbons (Fsp3) is 0.222. The Hall–Kier alpha value is -2.38. The fourth-order valence-corrected chi connectivity index (χ4v) is 3.66. The molecule has 0 fully saturated rings. The molecule has 0 aliphatic carbocycles. The summed E-state index contributed by atoms with van der Waals surface area (Å²) < 4.78 is 34.8. The Kier molecular flexibility index (Phi) is 5.06. The number of methoxy groups -OCH3 is 1. The third-order valence-electron chi connectivity index (χ3n) is 3.79. The number of benzene rings is 2. The highest BCUT2D eigenvalue weighted by molar-refractivity contribution is 7.16. The molecule has 0 N–H and O–H groups in total. The second-order valence-corrected chi connectivity index (χ2v) is 6.50. The van der Waals surface area contributed by atoms with Crippen LogP contribution in [0.2, 0.25) is 0 Å². The zero-order valence-corrected chi connectivity index (χ0v) is 14.6. The molecule has 0 saturated carbocycles. The lowest BCUT2D eigenvalue weighted by molar-refractivity contribution is 0.0996. The highest BCUT2D eigenvalue weighted by Gasteiger charge is 2.14. The molecule has 1 aromatic heterocycles. The van der Waals surface area contributed by atoms with E-state index in [4.69, 9.17) is 4.74 Å². The Morgan fingerprint density at radius 2 is 2.04 bits per heavy atom. The van der Waals surface area contributed by atoms with Gasteiger partial charge in [-0.15, -0.1) is 0 Å². The summed E-state index contributed by atoms with van der Waals surface area (Å²) in [5, 5.41) is 0. The van der Waals surface area contributed by atoms with Crippen molar-refractivity contribution in [2.45, 2.75) is 13.5 Å². The number of hydrogen-bond acceptors (Lipinski definition) is 3. The van der Waals surface area contributed by atoms with Crippen LogP contribution in [0.1, 0.15) is 15.9 Å². The Morgan fingerprint density at radius 3 is 2.76 bits per heavy atom. The molecule has 4 nitrogen and oxygen atoms in total. The average molecular weight is 362 g/mol. The minimum Gasteiger partial charge on any atom is -0.383 e. The normalized spacial score (nSPS) is 12.1. The van der Waals surface area contributed by atoms with Crippen molar-refractivity contribution in [1.29, 1.82) is 0 Å². The standard InChI is InChI=1S/C18H16F2N2O2S/c1-11-5-3-4-6-13(11)17(23)21-18-22(7-8-24-2)16-14(20)9-12(19)10-15(16)25-18/h3-6,9-10H,7-8H2,1-2H3. The van der Waals surface area contributed by atoms with Crippen LogP contribution in [-0.2, 0) is 11.3 Å². The van der Waals surface area contributed by atoms with Crippen LogP contribution < -0.4 is 4.80 Å². The van der Waals surface area contributed by atoms with E-state index in [2.05, 4.69) is 4.99 Å². The van der Waals surface area contributed by atoms with Crippen LogP contribution in [-0.4, -0.2) is 24.2 Å². The number of amides is 1. The van der Waals surface area contributed by atoms with Gasteiger partial charge in [0.15, 0.2) is 10.6 Å². The summed E-state index contributed by atoms with van der Waals surface area (Å²) >= 11 is 1.07. The van der Waals surface area contributed by atoms with E-state index in [-0.39, 0.29) is 5.52 Å². The third kappa shape index (κ3) is 3.52. The molecule has 25 heavy (non-hydrogen) atoms. The molecular weight excluding hydrogens is 346 g/mol. The summed E-state index contributed by atoms with van der Waals surface area (Å²) in [5.41, 5.74) is 1.50. The lowest BCUT2D eigenvalue weighted by Crippen LogP contribution is -2.20. The number of fused-ring (bicyclic) bond motifs is 1. The molecule has 0 atom stereocenters. The molecule has 1 heterocycles. The first-order valence-electron chi connectivity index (χ1n) is 7.63. The van der Waals surface area contributed by atoms with Crippen molar-refractivity contribution in [3.05, 3.63) is 64.0 Å². The topological polar surface area (TPSA) is 43.6 Å². The zero-order chi connectivity index (χ0) is 18.0. The van der Waals surface area contributed by atoms with Gasteiger partial charge in [0.25, 0.3) is 5.91 Å². The summed E-state index contributed by atoms with van der Waals surface area (Å²) in [5.74, 6) is -1.77. The molecule has 3 aromatic rings. The van der Waals surface area contributed by atoms with Gasteiger partial charge in [-0.05, 0) is 24.6 Å². The highest BCUT2D eigenvalue weighted by Crippen LogP contribution is 2.22. The first-order chi connectivity index (χ1) is 12.0. The van der Waals surface area contributed by atoms with Crippen LogP contribution >= 0.6 is 11.3 Å². The van der Waals surface area contributed by atoms with Crippen molar-refractivity contribution >= 4 is 27.5 Å².